The van der Waals surface area contributed by atoms with Crippen molar-refractivity contribution in [2.75, 3.05) is 25.4 Å². The summed E-state index contributed by atoms with van der Waals surface area (Å²) in [6.45, 7) is 6.08. The predicted octanol–water partition coefficient (Wildman–Crippen LogP) is 2.73. The van der Waals surface area contributed by atoms with Crippen molar-refractivity contribution in [3.8, 4) is 5.75 Å². The number of nitrogens with two attached hydrogens (primary N) is 1. The topological polar surface area (TPSA) is 96.1 Å². The molecule has 3 fully saturated rings. The molecule has 1 amide bonds. The number of likely N-dealkylation sites (tertiary alicyclic amines) is 2. The van der Waals surface area contributed by atoms with Crippen LogP contribution in [0.25, 0.3) is 0 Å². The number of phenols is 1. The number of carbonyl (C=O) groups excluding carboxylic acids is 2. The van der Waals surface area contributed by atoms with Crippen LogP contribution in [0, 0.1) is 5.41 Å². The minimum Gasteiger partial charge on any atom is -0.508 e. The molecule has 0 aliphatic carbocycles. The van der Waals surface area contributed by atoms with E-state index in [1.165, 1.54) is 12.1 Å². The second-order valence-corrected chi connectivity index (χ2v) is 9.43. The van der Waals surface area contributed by atoms with Crippen LogP contribution in [0.1, 0.15) is 62.7 Å². The van der Waals surface area contributed by atoms with Gasteiger partial charge in [-0.1, -0.05) is 0 Å². The molecule has 7 heteroatoms. The lowest BCUT2D eigenvalue weighted by atomic mass is 9.75. The Morgan fingerprint density at radius 3 is 2.76 bits per heavy atom. The molecule has 2 atom stereocenters. The van der Waals surface area contributed by atoms with Gasteiger partial charge < -0.3 is 20.5 Å². The highest BCUT2D eigenvalue weighted by Gasteiger charge is 2.55. The van der Waals surface area contributed by atoms with E-state index in [1.54, 1.807) is 6.07 Å². The van der Waals surface area contributed by atoms with Crippen molar-refractivity contribution in [3.05, 3.63) is 23.8 Å². The molecule has 3 heterocycles. The second-order valence-electron chi connectivity index (χ2n) is 9.43. The van der Waals surface area contributed by atoms with Crippen LogP contribution in [-0.4, -0.2) is 58.2 Å². The molecule has 7 nitrogen and oxygen atoms in total. The van der Waals surface area contributed by atoms with E-state index in [4.69, 9.17) is 10.5 Å². The highest BCUT2D eigenvalue weighted by Crippen LogP contribution is 2.47. The third-order valence-electron chi connectivity index (χ3n) is 6.59. The Morgan fingerprint density at radius 2 is 2.03 bits per heavy atom. The minimum atomic E-state index is -0.474. The van der Waals surface area contributed by atoms with E-state index in [1.807, 2.05) is 18.7 Å². The van der Waals surface area contributed by atoms with Gasteiger partial charge in [0, 0.05) is 31.7 Å². The fourth-order valence-corrected chi connectivity index (χ4v) is 5.43. The van der Waals surface area contributed by atoms with Gasteiger partial charge in [-0.25, -0.2) is 0 Å². The molecule has 158 valence electrons. The molecule has 29 heavy (non-hydrogen) atoms. The lowest BCUT2D eigenvalue weighted by molar-refractivity contribution is -0.155. The summed E-state index contributed by atoms with van der Waals surface area (Å²) in [6.07, 6.45) is 5.27. The van der Waals surface area contributed by atoms with Crippen molar-refractivity contribution in [1.29, 1.82) is 0 Å². The van der Waals surface area contributed by atoms with Gasteiger partial charge in [-0.2, -0.15) is 0 Å². The number of nitrogen functional groups attached to an aromatic ring is 1. The van der Waals surface area contributed by atoms with E-state index in [0.29, 0.717) is 24.3 Å². The smallest absolute Gasteiger partial charge is 0.314 e. The molecule has 0 saturated carbocycles. The van der Waals surface area contributed by atoms with Gasteiger partial charge in [0.15, 0.2) is 0 Å². The number of ether oxygens (including phenoxy) is 1. The summed E-state index contributed by atoms with van der Waals surface area (Å²) < 4.78 is 5.66. The number of phenolic OH excluding ortho intramolecular Hbond substituents is 1. The van der Waals surface area contributed by atoms with Gasteiger partial charge in [0.25, 0.3) is 5.91 Å². The summed E-state index contributed by atoms with van der Waals surface area (Å²) in [7, 11) is 0. The number of hydrogen-bond donors (Lipinski definition) is 2. The molecule has 0 radical (unpaired) electrons. The monoisotopic (exact) mass is 401 g/mol. The van der Waals surface area contributed by atoms with E-state index < -0.39 is 11.0 Å². The maximum absolute atomic E-state index is 13.3. The zero-order valence-corrected chi connectivity index (χ0v) is 17.3. The molecule has 1 spiro atoms. The summed E-state index contributed by atoms with van der Waals surface area (Å²) in [5, 5.41) is 9.83. The molecule has 1 aromatic rings. The number of anilines is 1. The number of cyclic esters (lactones) is 1. The van der Waals surface area contributed by atoms with Crippen molar-refractivity contribution in [2.45, 2.75) is 64.1 Å². The number of aromatic hydroxyl groups is 1. The van der Waals surface area contributed by atoms with E-state index in [9.17, 15) is 14.7 Å². The van der Waals surface area contributed by atoms with Crippen molar-refractivity contribution in [1.82, 2.24) is 9.80 Å². The molecule has 3 aliphatic rings. The number of benzene rings is 1. The Labute approximate surface area is 171 Å². The zero-order valence-electron chi connectivity index (χ0n) is 17.3. The van der Waals surface area contributed by atoms with Crippen LogP contribution in [0.4, 0.5) is 5.69 Å². The molecule has 3 saturated heterocycles. The minimum absolute atomic E-state index is 0.0315. The van der Waals surface area contributed by atoms with Crippen molar-refractivity contribution >= 4 is 17.6 Å². The number of carbonyl (C=O) groups is 2. The lowest BCUT2D eigenvalue weighted by Crippen LogP contribution is -2.58. The third-order valence-corrected chi connectivity index (χ3v) is 6.59. The first-order chi connectivity index (χ1) is 13.7. The number of hydrogen-bond acceptors (Lipinski definition) is 6. The number of esters is 1. The van der Waals surface area contributed by atoms with E-state index in [0.717, 1.165) is 45.1 Å². The zero-order chi connectivity index (χ0) is 20.8. The average Bonchev–Trinajstić information content (AvgIpc) is 2.90. The standard InChI is InChI=1S/C22H31N3O4/c1-21(2)13-22(20(28)29-21)9-5-10-24(14-22)18-6-3-4-11-25(18)19(27)16-12-15(26)7-8-17(16)23/h7-8,12,18,26H,3-6,9-11,13-14,23H2,1-2H3. The Kier molecular flexibility index (Phi) is 4.97. The molecular formula is C22H31N3O4. The fraction of sp³-hybridized carbons (Fsp3) is 0.636. The van der Waals surface area contributed by atoms with Crippen LogP contribution in [0.5, 0.6) is 5.75 Å². The predicted molar refractivity (Wildman–Crippen MR) is 109 cm³/mol. The van der Waals surface area contributed by atoms with E-state index in [-0.39, 0.29) is 23.8 Å². The SMILES string of the molecule is CC1(C)CC2(CCCN(C3CCCCN3C(=O)c3cc(O)ccc3N)C2)C(=O)O1. The molecule has 0 bridgehead atoms. The van der Waals surface area contributed by atoms with Gasteiger partial charge in [0.05, 0.1) is 17.1 Å². The van der Waals surface area contributed by atoms with Crippen LogP contribution in [-0.2, 0) is 9.53 Å². The van der Waals surface area contributed by atoms with Crippen molar-refractivity contribution < 1.29 is 19.4 Å². The van der Waals surface area contributed by atoms with E-state index >= 15 is 0 Å². The third kappa shape index (κ3) is 3.68. The number of amides is 1. The molecule has 3 aliphatic heterocycles. The number of piperidine rings is 2. The molecule has 1 aromatic carbocycles. The lowest BCUT2D eigenvalue weighted by Gasteiger charge is -2.47. The Morgan fingerprint density at radius 1 is 1.24 bits per heavy atom. The summed E-state index contributed by atoms with van der Waals surface area (Å²) in [5.41, 5.74) is 5.83. The normalized spacial score (nSPS) is 29.8. The maximum Gasteiger partial charge on any atom is 0.314 e. The van der Waals surface area contributed by atoms with Gasteiger partial charge in [0.2, 0.25) is 0 Å². The summed E-state index contributed by atoms with van der Waals surface area (Å²) in [6, 6.07) is 4.49. The van der Waals surface area contributed by atoms with Gasteiger partial charge >= 0.3 is 5.97 Å². The molecule has 4 rings (SSSR count). The molecule has 2 unspecified atom stereocenters. The Balaban J connectivity index is 1.58. The van der Waals surface area contributed by atoms with Crippen LogP contribution in [0.15, 0.2) is 18.2 Å². The summed E-state index contributed by atoms with van der Waals surface area (Å²) in [4.78, 5) is 30.2. The first-order valence-electron chi connectivity index (χ1n) is 10.6. The first kappa shape index (κ1) is 20.0. The van der Waals surface area contributed by atoms with Gasteiger partial charge in [-0.05, 0) is 64.2 Å². The molecular weight excluding hydrogens is 370 g/mol. The Bertz CT molecular complexity index is 824. The second kappa shape index (κ2) is 7.20. The van der Waals surface area contributed by atoms with Crippen LogP contribution < -0.4 is 5.73 Å². The number of rotatable bonds is 2. The van der Waals surface area contributed by atoms with E-state index in [2.05, 4.69) is 4.90 Å². The number of nitrogens with zero attached hydrogens (tertiary/aromatic N) is 2. The maximum atomic E-state index is 13.3. The summed E-state index contributed by atoms with van der Waals surface area (Å²) in [5.74, 6) is -0.223. The van der Waals surface area contributed by atoms with Crippen molar-refractivity contribution in [3.63, 3.8) is 0 Å². The summed E-state index contributed by atoms with van der Waals surface area (Å²) >= 11 is 0. The molecule has 3 N–H and O–H groups in total. The Hall–Kier alpha value is -2.28. The van der Waals surface area contributed by atoms with Crippen LogP contribution >= 0.6 is 0 Å². The highest BCUT2D eigenvalue weighted by atomic mass is 16.6. The first-order valence-corrected chi connectivity index (χ1v) is 10.6. The van der Waals surface area contributed by atoms with Crippen molar-refractivity contribution in [2.24, 2.45) is 5.41 Å². The van der Waals surface area contributed by atoms with Gasteiger partial charge in [-0.3, -0.25) is 14.5 Å². The van der Waals surface area contributed by atoms with Crippen LogP contribution in [0.3, 0.4) is 0 Å². The van der Waals surface area contributed by atoms with Crippen LogP contribution in [0.2, 0.25) is 0 Å². The quantitative estimate of drug-likeness (QED) is 0.449. The highest BCUT2D eigenvalue weighted by molar-refractivity contribution is 5.99. The van der Waals surface area contributed by atoms with Gasteiger partial charge in [-0.15, -0.1) is 0 Å². The molecule has 0 aromatic heterocycles. The largest absolute Gasteiger partial charge is 0.508 e. The fourth-order valence-electron chi connectivity index (χ4n) is 5.43. The van der Waals surface area contributed by atoms with Gasteiger partial charge in [0.1, 0.15) is 11.4 Å². The average molecular weight is 402 g/mol.